The van der Waals surface area contributed by atoms with Crippen LogP contribution in [0, 0.1) is 0 Å². The number of hydrogen-bond donors (Lipinski definition) is 0. The van der Waals surface area contributed by atoms with E-state index in [2.05, 4.69) is 4.74 Å². The van der Waals surface area contributed by atoms with E-state index in [1.54, 1.807) is 0 Å². The van der Waals surface area contributed by atoms with Crippen molar-refractivity contribution in [1.82, 2.24) is 8.61 Å². The molecule has 0 spiro atoms. The summed E-state index contributed by atoms with van der Waals surface area (Å²) in [4.78, 5) is 11.0. The molecule has 0 aromatic rings. The number of nitrogens with zero attached hydrogens (tertiary/aromatic N) is 2. The number of rotatable bonds is 6. The largest absolute Gasteiger partial charge is 0.469 e. The average molecular weight is 308 g/mol. The van der Waals surface area contributed by atoms with Crippen LogP contribution in [0.5, 0.6) is 0 Å². The van der Waals surface area contributed by atoms with Crippen molar-refractivity contribution in [2.45, 2.75) is 38.9 Å². The molecule has 0 aromatic heterocycles. The zero-order valence-corrected chi connectivity index (χ0v) is 13.4. The lowest BCUT2D eigenvalue weighted by atomic mass is 10.3. The van der Waals surface area contributed by atoms with E-state index in [0.29, 0.717) is 19.5 Å². The number of methoxy groups -OCH3 is 1. The van der Waals surface area contributed by atoms with Crippen LogP contribution in [0.25, 0.3) is 0 Å². The Balaban J connectivity index is 2.56. The summed E-state index contributed by atoms with van der Waals surface area (Å²) in [5.41, 5.74) is 0. The standard InChI is InChI=1S/C12H24N2O5S/c1-10-8-14(9-11(2)19-10)20(16,17)13(3)7-5-6-12(15)18-4/h10-11H,5-9H2,1-4H3/t10-,11-/m0/s1. The van der Waals surface area contributed by atoms with E-state index < -0.39 is 10.2 Å². The Morgan fingerprint density at radius 2 is 1.90 bits per heavy atom. The van der Waals surface area contributed by atoms with Gasteiger partial charge in [0.1, 0.15) is 0 Å². The SMILES string of the molecule is COC(=O)CCCN(C)S(=O)(=O)N1C[C@H](C)O[C@@H](C)C1. The fourth-order valence-electron chi connectivity index (χ4n) is 2.18. The quantitative estimate of drug-likeness (QED) is 0.656. The molecule has 0 aromatic carbocycles. The highest BCUT2D eigenvalue weighted by atomic mass is 32.2. The van der Waals surface area contributed by atoms with Crippen LogP contribution < -0.4 is 0 Å². The van der Waals surface area contributed by atoms with Crippen LogP contribution in [0.3, 0.4) is 0 Å². The van der Waals surface area contributed by atoms with Crippen molar-refractivity contribution in [1.29, 1.82) is 0 Å². The van der Waals surface area contributed by atoms with Crippen molar-refractivity contribution >= 4 is 16.2 Å². The Hall–Kier alpha value is -0.700. The van der Waals surface area contributed by atoms with Crippen molar-refractivity contribution in [3.8, 4) is 0 Å². The zero-order valence-electron chi connectivity index (χ0n) is 12.5. The van der Waals surface area contributed by atoms with Gasteiger partial charge in [0.05, 0.1) is 19.3 Å². The predicted octanol–water partition coefficient (Wildman–Crippen LogP) is 0.225. The van der Waals surface area contributed by atoms with Gasteiger partial charge in [0.15, 0.2) is 0 Å². The second-order valence-electron chi connectivity index (χ2n) is 5.08. The van der Waals surface area contributed by atoms with Crippen LogP contribution in [0.2, 0.25) is 0 Å². The number of hydrogen-bond acceptors (Lipinski definition) is 5. The predicted molar refractivity (Wildman–Crippen MR) is 74.4 cm³/mol. The summed E-state index contributed by atoms with van der Waals surface area (Å²) in [6, 6.07) is 0. The van der Waals surface area contributed by atoms with Gasteiger partial charge in [0.25, 0.3) is 10.2 Å². The van der Waals surface area contributed by atoms with Gasteiger partial charge < -0.3 is 9.47 Å². The molecule has 0 radical (unpaired) electrons. The first-order valence-electron chi connectivity index (χ1n) is 6.71. The van der Waals surface area contributed by atoms with Gasteiger partial charge in [-0.25, -0.2) is 0 Å². The maximum atomic E-state index is 12.4. The number of carbonyl (C=O) groups is 1. The molecule has 20 heavy (non-hydrogen) atoms. The minimum Gasteiger partial charge on any atom is -0.469 e. The summed E-state index contributed by atoms with van der Waals surface area (Å²) in [6.07, 6.45) is 0.429. The molecule has 1 fully saturated rings. The maximum absolute atomic E-state index is 12.4. The molecule has 0 unspecified atom stereocenters. The smallest absolute Gasteiger partial charge is 0.305 e. The van der Waals surface area contributed by atoms with E-state index in [9.17, 15) is 13.2 Å². The van der Waals surface area contributed by atoms with Crippen LogP contribution in [-0.4, -0.2) is 69.0 Å². The monoisotopic (exact) mass is 308 g/mol. The molecule has 1 aliphatic heterocycles. The topological polar surface area (TPSA) is 76.2 Å². The molecule has 7 nitrogen and oxygen atoms in total. The van der Waals surface area contributed by atoms with Crippen LogP contribution in [-0.2, 0) is 24.5 Å². The molecule has 1 rings (SSSR count). The number of ether oxygens (including phenoxy) is 2. The number of morpholine rings is 1. The number of esters is 1. The molecule has 8 heteroatoms. The second kappa shape index (κ2) is 7.35. The molecule has 0 N–H and O–H groups in total. The summed E-state index contributed by atoms with van der Waals surface area (Å²) in [7, 11) is -0.654. The lowest BCUT2D eigenvalue weighted by Crippen LogP contribution is -2.52. The molecule has 1 saturated heterocycles. The van der Waals surface area contributed by atoms with E-state index in [1.807, 2.05) is 13.8 Å². The Morgan fingerprint density at radius 1 is 1.35 bits per heavy atom. The molecular formula is C12H24N2O5S. The molecule has 0 bridgehead atoms. The Morgan fingerprint density at radius 3 is 2.40 bits per heavy atom. The maximum Gasteiger partial charge on any atom is 0.305 e. The lowest BCUT2D eigenvalue weighted by molar-refractivity contribution is -0.140. The first kappa shape index (κ1) is 17.4. The first-order chi connectivity index (χ1) is 9.27. The molecule has 118 valence electrons. The van der Waals surface area contributed by atoms with Gasteiger partial charge >= 0.3 is 5.97 Å². The van der Waals surface area contributed by atoms with E-state index in [-0.39, 0.29) is 31.1 Å². The zero-order chi connectivity index (χ0) is 15.3. The minimum atomic E-state index is -3.50. The molecule has 0 amide bonds. The van der Waals surface area contributed by atoms with Crippen LogP contribution in [0.4, 0.5) is 0 Å². The average Bonchev–Trinajstić information content (AvgIpc) is 2.37. The van der Waals surface area contributed by atoms with E-state index in [1.165, 1.54) is 22.8 Å². The van der Waals surface area contributed by atoms with Crippen LogP contribution in [0.1, 0.15) is 26.7 Å². The fraction of sp³-hybridized carbons (Fsp3) is 0.917. The highest BCUT2D eigenvalue weighted by Gasteiger charge is 2.33. The van der Waals surface area contributed by atoms with Gasteiger partial charge in [-0.15, -0.1) is 0 Å². The van der Waals surface area contributed by atoms with Gasteiger partial charge in [-0.1, -0.05) is 0 Å². The van der Waals surface area contributed by atoms with E-state index >= 15 is 0 Å². The lowest BCUT2D eigenvalue weighted by Gasteiger charge is -2.36. The summed E-state index contributed by atoms with van der Waals surface area (Å²) >= 11 is 0. The third-order valence-corrected chi connectivity index (χ3v) is 5.11. The molecule has 1 heterocycles. The first-order valence-corrected chi connectivity index (χ1v) is 8.10. The summed E-state index contributed by atoms with van der Waals surface area (Å²) in [6.45, 7) is 4.71. The van der Waals surface area contributed by atoms with Crippen molar-refractivity contribution in [2.75, 3.05) is 33.8 Å². The van der Waals surface area contributed by atoms with Crippen molar-refractivity contribution in [3.63, 3.8) is 0 Å². The van der Waals surface area contributed by atoms with E-state index in [4.69, 9.17) is 4.74 Å². The van der Waals surface area contributed by atoms with Gasteiger partial charge in [-0.2, -0.15) is 17.0 Å². The Labute approximate surface area is 121 Å². The summed E-state index contributed by atoms with van der Waals surface area (Å²) < 4.78 is 37.6. The van der Waals surface area contributed by atoms with Crippen molar-refractivity contribution in [3.05, 3.63) is 0 Å². The third kappa shape index (κ3) is 4.69. The van der Waals surface area contributed by atoms with Gasteiger partial charge in [-0.05, 0) is 20.3 Å². The fourth-order valence-corrected chi connectivity index (χ4v) is 3.73. The Bertz CT molecular complexity index is 416. The third-order valence-electron chi connectivity index (χ3n) is 3.19. The van der Waals surface area contributed by atoms with E-state index in [0.717, 1.165) is 0 Å². The van der Waals surface area contributed by atoms with Gasteiger partial charge in [0.2, 0.25) is 0 Å². The summed E-state index contributed by atoms with van der Waals surface area (Å²) in [5, 5.41) is 0. The molecule has 1 aliphatic rings. The van der Waals surface area contributed by atoms with Crippen LogP contribution in [0.15, 0.2) is 0 Å². The number of carbonyl (C=O) groups excluding carboxylic acids is 1. The minimum absolute atomic E-state index is 0.114. The highest BCUT2D eigenvalue weighted by Crippen LogP contribution is 2.16. The molecule has 2 atom stereocenters. The van der Waals surface area contributed by atoms with Crippen LogP contribution >= 0.6 is 0 Å². The highest BCUT2D eigenvalue weighted by molar-refractivity contribution is 7.86. The molecular weight excluding hydrogens is 284 g/mol. The molecule has 0 aliphatic carbocycles. The second-order valence-corrected chi connectivity index (χ2v) is 7.12. The van der Waals surface area contributed by atoms with Gasteiger partial charge in [0, 0.05) is 33.1 Å². The summed E-state index contributed by atoms with van der Waals surface area (Å²) in [5.74, 6) is -0.329. The van der Waals surface area contributed by atoms with Crippen molar-refractivity contribution < 1.29 is 22.7 Å². The molecule has 0 saturated carbocycles. The van der Waals surface area contributed by atoms with Gasteiger partial charge in [-0.3, -0.25) is 4.79 Å². The Kier molecular flexibility index (Phi) is 6.38. The van der Waals surface area contributed by atoms with Crippen molar-refractivity contribution in [2.24, 2.45) is 0 Å². The normalized spacial score (nSPS) is 24.9.